The summed E-state index contributed by atoms with van der Waals surface area (Å²) >= 11 is 3.37. The lowest BCUT2D eigenvalue weighted by Crippen LogP contribution is -2.15. The van der Waals surface area contributed by atoms with Crippen molar-refractivity contribution in [1.29, 1.82) is 0 Å². The van der Waals surface area contributed by atoms with E-state index in [2.05, 4.69) is 27.8 Å². The van der Waals surface area contributed by atoms with Crippen LogP contribution in [0, 0.1) is 17.8 Å². The topological polar surface area (TPSA) is 37.3 Å². The molecule has 16 heavy (non-hydrogen) atoms. The smallest absolute Gasteiger partial charge is 0.307 e. The molecule has 1 aromatic carbocycles. The molecule has 0 amide bonds. The molecule has 0 heterocycles. The molecule has 1 unspecified atom stereocenters. The van der Waals surface area contributed by atoms with Gasteiger partial charge in [0.05, 0.1) is 5.92 Å². The monoisotopic (exact) mass is 280 g/mol. The summed E-state index contributed by atoms with van der Waals surface area (Å²) in [5.41, 5.74) is 1.01. The van der Waals surface area contributed by atoms with E-state index in [4.69, 9.17) is 5.11 Å². The Balaban J connectivity index is 2.74. The molecule has 1 N–H and O–H groups in total. The molecule has 0 bridgehead atoms. The summed E-state index contributed by atoms with van der Waals surface area (Å²) < 4.78 is 0.968. The molecule has 0 saturated carbocycles. The third kappa shape index (κ3) is 4.08. The van der Waals surface area contributed by atoms with Gasteiger partial charge in [-0.1, -0.05) is 28.1 Å². The van der Waals surface area contributed by atoms with Crippen molar-refractivity contribution in [2.24, 2.45) is 5.92 Å². The van der Waals surface area contributed by atoms with Crippen molar-refractivity contribution in [2.45, 2.75) is 19.8 Å². The van der Waals surface area contributed by atoms with Crippen LogP contribution in [0.3, 0.4) is 0 Å². The van der Waals surface area contributed by atoms with E-state index in [1.807, 2.05) is 24.3 Å². The Kier molecular flexibility index (Phi) is 5.07. The standard InChI is InChI=1S/C13H13BrO2/c1-2-3-6-11(13(15)16)8-10-5-4-7-12(14)9-10/h4-5,7,9,11H,6,8H2,1H3,(H,15,16). The number of hydrogen-bond donors (Lipinski definition) is 1. The van der Waals surface area contributed by atoms with Gasteiger partial charge in [0.15, 0.2) is 0 Å². The van der Waals surface area contributed by atoms with Crippen LogP contribution < -0.4 is 0 Å². The van der Waals surface area contributed by atoms with Crippen LogP contribution >= 0.6 is 15.9 Å². The van der Waals surface area contributed by atoms with Crippen LogP contribution in [0.4, 0.5) is 0 Å². The van der Waals surface area contributed by atoms with Crippen LogP contribution in [0.5, 0.6) is 0 Å². The largest absolute Gasteiger partial charge is 0.481 e. The Morgan fingerprint density at radius 2 is 2.31 bits per heavy atom. The molecule has 0 saturated heterocycles. The number of rotatable bonds is 4. The first-order valence-electron chi connectivity index (χ1n) is 5.00. The van der Waals surface area contributed by atoms with E-state index in [0.29, 0.717) is 12.8 Å². The summed E-state index contributed by atoms with van der Waals surface area (Å²) in [6.45, 7) is 1.72. The molecule has 0 radical (unpaired) electrons. The van der Waals surface area contributed by atoms with Gasteiger partial charge in [0.2, 0.25) is 0 Å². The maximum Gasteiger partial charge on any atom is 0.307 e. The Bertz CT molecular complexity index is 429. The SMILES string of the molecule is CC#CCC(Cc1cccc(Br)c1)C(=O)O. The molecule has 0 aliphatic heterocycles. The number of halogens is 1. The van der Waals surface area contributed by atoms with E-state index in [1.54, 1.807) is 6.92 Å². The minimum atomic E-state index is -0.789. The van der Waals surface area contributed by atoms with Gasteiger partial charge in [0.25, 0.3) is 0 Å². The van der Waals surface area contributed by atoms with E-state index >= 15 is 0 Å². The molecule has 0 aliphatic carbocycles. The van der Waals surface area contributed by atoms with Crippen molar-refractivity contribution >= 4 is 21.9 Å². The molecule has 1 aromatic rings. The molecule has 1 atom stereocenters. The fourth-order valence-electron chi connectivity index (χ4n) is 1.42. The van der Waals surface area contributed by atoms with E-state index < -0.39 is 11.9 Å². The highest BCUT2D eigenvalue weighted by Gasteiger charge is 2.16. The molecule has 0 fully saturated rings. The second-order valence-electron chi connectivity index (χ2n) is 3.50. The zero-order valence-electron chi connectivity index (χ0n) is 9.03. The lowest BCUT2D eigenvalue weighted by atomic mass is 9.96. The lowest BCUT2D eigenvalue weighted by Gasteiger charge is -2.09. The average Bonchev–Trinajstić information content (AvgIpc) is 2.24. The number of carbonyl (C=O) groups is 1. The van der Waals surface area contributed by atoms with Crippen LogP contribution in [0.2, 0.25) is 0 Å². The van der Waals surface area contributed by atoms with Crippen molar-refractivity contribution in [1.82, 2.24) is 0 Å². The Morgan fingerprint density at radius 1 is 1.56 bits per heavy atom. The van der Waals surface area contributed by atoms with Gasteiger partial charge in [0, 0.05) is 10.9 Å². The summed E-state index contributed by atoms with van der Waals surface area (Å²) in [5, 5.41) is 9.05. The lowest BCUT2D eigenvalue weighted by molar-refractivity contribution is -0.141. The van der Waals surface area contributed by atoms with Gasteiger partial charge in [-0.2, -0.15) is 0 Å². The van der Waals surface area contributed by atoms with Crippen LogP contribution in [0.1, 0.15) is 18.9 Å². The van der Waals surface area contributed by atoms with Gasteiger partial charge in [-0.15, -0.1) is 11.8 Å². The quantitative estimate of drug-likeness (QED) is 0.861. The van der Waals surface area contributed by atoms with Crippen molar-refractivity contribution in [3.8, 4) is 11.8 Å². The molecular weight excluding hydrogens is 268 g/mol. The van der Waals surface area contributed by atoms with E-state index in [9.17, 15) is 4.79 Å². The second kappa shape index (κ2) is 6.34. The highest BCUT2D eigenvalue weighted by molar-refractivity contribution is 9.10. The third-order valence-electron chi connectivity index (χ3n) is 2.25. The van der Waals surface area contributed by atoms with Gasteiger partial charge in [0.1, 0.15) is 0 Å². The first kappa shape index (κ1) is 12.8. The van der Waals surface area contributed by atoms with Crippen LogP contribution in [0.25, 0.3) is 0 Å². The van der Waals surface area contributed by atoms with Crippen LogP contribution in [0.15, 0.2) is 28.7 Å². The molecule has 0 aromatic heterocycles. The van der Waals surface area contributed by atoms with Gasteiger partial charge >= 0.3 is 5.97 Å². The summed E-state index contributed by atoms with van der Waals surface area (Å²) in [6, 6.07) is 7.70. The molecule has 84 valence electrons. The molecule has 0 spiro atoms. The van der Waals surface area contributed by atoms with Gasteiger partial charge in [-0.05, 0) is 31.0 Å². The maximum atomic E-state index is 11.0. The number of benzene rings is 1. The van der Waals surface area contributed by atoms with Crippen molar-refractivity contribution in [2.75, 3.05) is 0 Å². The first-order valence-corrected chi connectivity index (χ1v) is 5.79. The number of carboxylic acids is 1. The van der Waals surface area contributed by atoms with Gasteiger partial charge < -0.3 is 5.11 Å². The first-order chi connectivity index (χ1) is 7.63. The highest BCUT2D eigenvalue weighted by atomic mass is 79.9. The van der Waals surface area contributed by atoms with Crippen LogP contribution in [-0.2, 0) is 11.2 Å². The van der Waals surface area contributed by atoms with Gasteiger partial charge in [-0.3, -0.25) is 4.79 Å². The number of carboxylic acid groups (broad SMARTS) is 1. The molecule has 0 aliphatic rings. The highest BCUT2D eigenvalue weighted by Crippen LogP contribution is 2.17. The van der Waals surface area contributed by atoms with Gasteiger partial charge in [-0.25, -0.2) is 0 Å². The number of hydrogen-bond acceptors (Lipinski definition) is 1. The Labute approximate surface area is 104 Å². The van der Waals surface area contributed by atoms with Crippen LogP contribution in [-0.4, -0.2) is 11.1 Å². The Hall–Kier alpha value is -1.27. The minimum absolute atomic E-state index is 0.401. The predicted molar refractivity (Wildman–Crippen MR) is 67.0 cm³/mol. The molecular formula is C13H13BrO2. The summed E-state index contributed by atoms with van der Waals surface area (Å²) in [4.78, 5) is 11.0. The van der Waals surface area contributed by atoms with E-state index in [1.165, 1.54) is 0 Å². The number of aliphatic carboxylic acids is 1. The minimum Gasteiger partial charge on any atom is -0.481 e. The summed E-state index contributed by atoms with van der Waals surface area (Å²) in [5.74, 6) is 4.33. The summed E-state index contributed by atoms with van der Waals surface area (Å²) in [7, 11) is 0. The predicted octanol–water partition coefficient (Wildman–Crippen LogP) is 3.11. The fraction of sp³-hybridized carbons (Fsp3) is 0.308. The zero-order chi connectivity index (χ0) is 12.0. The molecule has 2 nitrogen and oxygen atoms in total. The fourth-order valence-corrected chi connectivity index (χ4v) is 1.87. The van der Waals surface area contributed by atoms with E-state index in [-0.39, 0.29) is 0 Å². The van der Waals surface area contributed by atoms with Crippen molar-refractivity contribution in [3.63, 3.8) is 0 Å². The van der Waals surface area contributed by atoms with Crippen molar-refractivity contribution in [3.05, 3.63) is 34.3 Å². The third-order valence-corrected chi connectivity index (χ3v) is 2.74. The second-order valence-corrected chi connectivity index (χ2v) is 4.42. The summed E-state index contributed by atoms with van der Waals surface area (Å²) in [6.07, 6.45) is 0.918. The molecule has 1 rings (SSSR count). The Morgan fingerprint density at radius 3 is 2.88 bits per heavy atom. The normalized spacial score (nSPS) is 11.4. The van der Waals surface area contributed by atoms with Crippen molar-refractivity contribution < 1.29 is 9.90 Å². The van der Waals surface area contributed by atoms with E-state index in [0.717, 1.165) is 10.0 Å². The zero-order valence-corrected chi connectivity index (χ0v) is 10.6. The molecule has 3 heteroatoms. The maximum absolute atomic E-state index is 11.0. The average molecular weight is 281 g/mol.